The Labute approximate surface area is 99.9 Å². The maximum atomic E-state index is 8.85. The molecule has 3 rings (SSSR count). The van der Waals surface area contributed by atoms with Crippen LogP contribution in [-0.2, 0) is 0 Å². The van der Waals surface area contributed by atoms with Crippen LogP contribution in [0.3, 0.4) is 0 Å². The summed E-state index contributed by atoms with van der Waals surface area (Å²) in [4.78, 5) is 10.1. The van der Waals surface area contributed by atoms with Gasteiger partial charge in [0, 0.05) is 10.3 Å². The predicted molar refractivity (Wildman–Crippen MR) is 62.8 cm³/mol. The molecular formula is C10H4N8. The number of pyridine rings is 1. The quantitative estimate of drug-likeness (QED) is 0.421. The summed E-state index contributed by atoms with van der Waals surface area (Å²) in [7, 11) is 0. The van der Waals surface area contributed by atoms with Gasteiger partial charge in [-0.15, -0.1) is 0 Å². The minimum absolute atomic E-state index is 0.00865. The average Bonchev–Trinajstić information content (AvgIpc) is 2.81. The van der Waals surface area contributed by atoms with Gasteiger partial charge in [-0.05, 0) is 16.7 Å². The Morgan fingerprint density at radius 3 is 2.72 bits per heavy atom. The first-order valence-electron chi connectivity index (χ1n) is 4.97. The van der Waals surface area contributed by atoms with Crippen molar-refractivity contribution in [1.29, 1.82) is 0 Å². The molecule has 0 unspecified atom stereocenters. The number of para-hydroxylation sites is 1. The third-order valence-electron chi connectivity index (χ3n) is 2.55. The van der Waals surface area contributed by atoms with Crippen molar-refractivity contribution in [2.75, 3.05) is 0 Å². The smallest absolute Gasteiger partial charge is 0.438 e. The molecule has 0 fully saturated rings. The molecule has 0 spiro atoms. The molecule has 8 heteroatoms. The zero-order valence-electron chi connectivity index (χ0n) is 8.89. The van der Waals surface area contributed by atoms with E-state index in [4.69, 9.17) is 11.1 Å². The molecule has 0 saturated heterocycles. The lowest BCUT2D eigenvalue weighted by atomic mass is 10.1. The lowest BCUT2D eigenvalue weighted by molar-refractivity contribution is -0.00540. The van der Waals surface area contributed by atoms with E-state index in [2.05, 4.69) is 30.0 Å². The fourth-order valence-electron chi connectivity index (χ4n) is 1.82. The highest BCUT2D eigenvalue weighted by Crippen LogP contribution is 2.38. The van der Waals surface area contributed by atoms with Gasteiger partial charge in [0.2, 0.25) is 5.82 Å². The highest BCUT2D eigenvalue weighted by molar-refractivity contribution is 6.11. The van der Waals surface area contributed by atoms with E-state index >= 15 is 0 Å². The summed E-state index contributed by atoms with van der Waals surface area (Å²) in [5, 5.41) is 11.7. The second kappa shape index (κ2) is 3.74. The van der Waals surface area contributed by atoms with Crippen LogP contribution in [0.15, 0.2) is 39.6 Å². The number of benzene rings is 1. The molecule has 0 amide bonds. The standard InChI is InChI=1S/C10H4N8/c11-14-10-7-8(15-18-12)5-3-1-2-4-6(5)13-9(7)16-17-10/h1-4H. The number of hydrogen-bond acceptors (Lipinski definition) is 3. The number of rotatable bonds is 1. The van der Waals surface area contributed by atoms with Crippen LogP contribution in [0.25, 0.3) is 26.9 Å². The summed E-state index contributed by atoms with van der Waals surface area (Å²) in [6.45, 7) is 0. The fourth-order valence-corrected chi connectivity index (χ4v) is 1.82. The number of hydrogen-bond donors (Lipinski definition) is 0. The summed E-state index contributed by atoms with van der Waals surface area (Å²) in [5.74, 6) is 0.273. The lowest BCUT2D eigenvalue weighted by Gasteiger charge is -2.02. The van der Waals surface area contributed by atoms with Gasteiger partial charge >= 0.3 is 5.84 Å². The summed E-state index contributed by atoms with van der Waals surface area (Å²) >= 11 is 0. The maximum Gasteiger partial charge on any atom is 0.438 e. The van der Waals surface area contributed by atoms with Gasteiger partial charge in [-0.3, -0.25) is 0 Å². The molecule has 0 aliphatic carbocycles. The lowest BCUT2D eigenvalue weighted by Crippen LogP contribution is -1.96. The van der Waals surface area contributed by atoms with E-state index < -0.39 is 0 Å². The van der Waals surface area contributed by atoms with Gasteiger partial charge in [-0.25, -0.2) is 4.98 Å². The van der Waals surface area contributed by atoms with Crippen LogP contribution in [0.2, 0.25) is 0 Å². The Bertz CT molecular complexity index is 793. The van der Waals surface area contributed by atoms with E-state index in [0.717, 1.165) is 0 Å². The monoisotopic (exact) mass is 236 g/mol. The molecular weight excluding hydrogens is 232 g/mol. The second-order valence-corrected chi connectivity index (χ2v) is 3.49. The Hall–Kier alpha value is -3.08. The Morgan fingerprint density at radius 2 is 1.94 bits per heavy atom. The van der Waals surface area contributed by atoms with E-state index in [1.807, 2.05) is 6.07 Å². The SMILES string of the molecule is [N-]=[N+]=Nc1c2c(nc3ccccc13)N=NC2=[N+]=[N-]. The van der Waals surface area contributed by atoms with Crippen molar-refractivity contribution >= 4 is 28.2 Å². The van der Waals surface area contributed by atoms with Crippen LogP contribution >= 0.6 is 0 Å². The normalized spacial score (nSPS) is 12.1. The largest absolute Gasteiger partial charge is 0.497 e. The Morgan fingerprint density at radius 1 is 1.11 bits per heavy atom. The van der Waals surface area contributed by atoms with Crippen molar-refractivity contribution in [3.8, 4) is 0 Å². The second-order valence-electron chi connectivity index (χ2n) is 3.49. The summed E-state index contributed by atoms with van der Waals surface area (Å²) in [6.07, 6.45) is 0. The molecule has 2 aromatic rings. The molecule has 1 aliphatic rings. The van der Waals surface area contributed by atoms with Crippen LogP contribution in [-0.4, -0.2) is 15.6 Å². The van der Waals surface area contributed by atoms with Gasteiger partial charge in [0.25, 0.3) is 0 Å². The topological polar surface area (TPSA) is 123 Å². The molecule has 1 aliphatic heterocycles. The highest BCUT2D eigenvalue weighted by Gasteiger charge is 2.31. The summed E-state index contributed by atoms with van der Waals surface area (Å²) in [5.41, 5.74) is 18.8. The molecule has 18 heavy (non-hydrogen) atoms. The Balaban J connectivity index is 2.53. The van der Waals surface area contributed by atoms with Crippen LogP contribution in [0.4, 0.5) is 11.5 Å². The minimum atomic E-state index is -0.00865. The van der Waals surface area contributed by atoms with Crippen LogP contribution in [0.1, 0.15) is 5.56 Å². The summed E-state index contributed by atoms with van der Waals surface area (Å²) in [6, 6.07) is 7.15. The molecule has 84 valence electrons. The highest BCUT2D eigenvalue weighted by atomic mass is 15.2. The number of amidine groups is 1. The van der Waals surface area contributed by atoms with Crippen LogP contribution < -0.4 is 0 Å². The van der Waals surface area contributed by atoms with Crippen molar-refractivity contribution in [2.24, 2.45) is 15.3 Å². The number of fused-ring (bicyclic) bond motifs is 2. The predicted octanol–water partition coefficient (Wildman–Crippen LogP) is 3.25. The maximum absolute atomic E-state index is 8.85. The van der Waals surface area contributed by atoms with Crippen molar-refractivity contribution in [3.05, 3.63) is 45.8 Å². The molecule has 0 radical (unpaired) electrons. The van der Waals surface area contributed by atoms with Crippen molar-refractivity contribution in [3.63, 3.8) is 0 Å². The Kier molecular flexibility index (Phi) is 2.10. The molecule has 0 saturated carbocycles. The van der Waals surface area contributed by atoms with Crippen molar-refractivity contribution < 1.29 is 4.79 Å². The van der Waals surface area contributed by atoms with Gasteiger partial charge in [0.1, 0.15) is 5.56 Å². The zero-order valence-corrected chi connectivity index (χ0v) is 8.89. The first-order valence-corrected chi connectivity index (χ1v) is 4.97. The van der Waals surface area contributed by atoms with Crippen molar-refractivity contribution in [2.45, 2.75) is 0 Å². The van der Waals surface area contributed by atoms with E-state index in [9.17, 15) is 0 Å². The molecule has 0 N–H and O–H groups in total. The first-order chi connectivity index (χ1) is 8.85. The first kappa shape index (κ1) is 10.1. The van der Waals surface area contributed by atoms with Gasteiger partial charge < -0.3 is 10.3 Å². The van der Waals surface area contributed by atoms with E-state index in [1.165, 1.54) is 0 Å². The molecule has 0 bridgehead atoms. The van der Waals surface area contributed by atoms with Gasteiger partial charge in [-0.1, -0.05) is 23.3 Å². The number of azo groups is 1. The number of azide groups is 1. The minimum Gasteiger partial charge on any atom is -0.497 e. The van der Waals surface area contributed by atoms with E-state index in [1.54, 1.807) is 18.2 Å². The zero-order chi connectivity index (χ0) is 12.5. The molecule has 1 aromatic carbocycles. The molecule has 1 aromatic heterocycles. The van der Waals surface area contributed by atoms with Crippen LogP contribution in [0, 0.1) is 0 Å². The molecule has 8 nitrogen and oxygen atoms in total. The van der Waals surface area contributed by atoms with Crippen molar-refractivity contribution in [1.82, 2.24) is 4.98 Å². The third kappa shape index (κ3) is 1.28. The van der Waals surface area contributed by atoms with Crippen LogP contribution in [0.5, 0.6) is 0 Å². The number of nitrogens with zero attached hydrogens (tertiary/aromatic N) is 8. The van der Waals surface area contributed by atoms with Gasteiger partial charge in [-0.2, -0.15) is 0 Å². The van der Waals surface area contributed by atoms with Gasteiger partial charge in [0.05, 0.1) is 16.3 Å². The fraction of sp³-hybridized carbons (Fsp3) is 0. The summed E-state index contributed by atoms with van der Waals surface area (Å²) < 4.78 is 0. The molecule has 2 heterocycles. The van der Waals surface area contributed by atoms with Gasteiger partial charge in [0.15, 0.2) is 0 Å². The van der Waals surface area contributed by atoms with E-state index in [0.29, 0.717) is 22.2 Å². The molecule has 0 atom stereocenters. The average molecular weight is 236 g/mol. The number of aromatic nitrogens is 1. The third-order valence-corrected chi connectivity index (χ3v) is 2.55. The van der Waals surface area contributed by atoms with E-state index in [-0.39, 0.29) is 11.7 Å².